The number of phenolic OH excluding ortho intramolecular Hbond substituents is 1. The number of H-pyrrole nitrogens is 1. The highest BCUT2D eigenvalue weighted by Crippen LogP contribution is 2.37. The molecule has 0 aliphatic carbocycles. The lowest BCUT2D eigenvalue weighted by Crippen LogP contribution is -2.45. The maximum Gasteiger partial charge on any atom is 0.323 e. The lowest BCUT2D eigenvalue weighted by atomic mass is 9.90. The van der Waals surface area contributed by atoms with Crippen molar-refractivity contribution in [2.75, 3.05) is 7.11 Å². The molecule has 1 aliphatic heterocycles. The lowest BCUT2D eigenvalue weighted by Gasteiger charge is -2.30. The molecular weight excluding hydrogens is 304 g/mol. The second-order valence-electron chi connectivity index (χ2n) is 6.00. The molecule has 0 saturated heterocycles. The van der Waals surface area contributed by atoms with E-state index in [2.05, 4.69) is 10.3 Å². The van der Waals surface area contributed by atoms with Gasteiger partial charge in [-0.2, -0.15) is 0 Å². The summed E-state index contributed by atoms with van der Waals surface area (Å²) in [5.74, 6) is -0.100. The van der Waals surface area contributed by atoms with E-state index in [4.69, 9.17) is 4.74 Å². The van der Waals surface area contributed by atoms with Crippen molar-refractivity contribution in [3.05, 3.63) is 65.4 Å². The molecule has 0 saturated carbocycles. The standard InChI is InChI=1S/C19H18N2O3/c1-24-19(23)15-10-13-11-6-2-4-8-14(11)20-18(13)17(21-15)12-7-3-5-9-16(12)22/h2-9,15,17,20-22H,10H2,1H3/t15-,17-/m0/s1. The number of carbonyl (C=O) groups is 1. The van der Waals surface area contributed by atoms with Crippen molar-refractivity contribution in [1.29, 1.82) is 0 Å². The van der Waals surface area contributed by atoms with E-state index in [0.717, 1.165) is 27.7 Å². The number of phenols is 1. The molecule has 0 unspecified atom stereocenters. The number of hydrogen-bond acceptors (Lipinski definition) is 4. The van der Waals surface area contributed by atoms with Gasteiger partial charge in [0.25, 0.3) is 0 Å². The third-order valence-corrected chi connectivity index (χ3v) is 4.64. The van der Waals surface area contributed by atoms with Crippen LogP contribution in [0.2, 0.25) is 0 Å². The van der Waals surface area contributed by atoms with Crippen molar-refractivity contribution in [3.8, 4) is 5.75 Å². The maximum absolute atomic E-state index is 12.1. The van der Waals surface area contributed by atoms with Crippen LogP contribution >= 0.6 is 0 Å². The molecule has 5 nitrogen and oxygen atoms in total. The van der Waals surface area contributed by atoms with Crippen LogP contribution < -0.4 is 5.32 Å². The van der Waals surface area contributed by atoms with Crippen LogP contribution in [0.25, 0.3) is 10.9 Å². The molecule has 2 atom stereocenters. The van der Waals surface area contributed by atoms with Gasteiger partial charge in [0.05, 0.1) is 13.2 Å². The Morgan fingerprint density at radius 3 is 2.71 bits per heavy atom. The molecule has 3 aromatic rings. The molecule has 1 aliphatic rings. The fourth-order valence-electron chi connectivity index (χ4n) is 3.51. The molecule has 0 spiro atoms. The van der Waals surface area contributed by atoms with Gasteiger partial charge in [-0.05, 0) is 17.7 Å². The highest BCUT2D eigenvalue weighted by molar-refractivity contribution is 5.87. The highest BCUT2D eigenvalue weighted by Gasteiger charge is 2.35. The first-order valence-electron chi connectivity index (χ1n) is 7.90. The Morgan fingerprint density at radius 1 is 1.17 bits per heavy atom. The third-order valence-electron chi connectivity index (χ3n) is 4.64. The van der Waals surface area contributed by atoms with E-state index >= 15 is 0 Å². The van der Waals surface area contributed by atoms with Gasteiger partial charge in [-0.1, -0.05) is 36.4 Å². The molecule has 5 heteroatoms. The van der Waals surface area contributed by atoms with Crippen molar-refractivity contribution in [3.63, 3.8) is 0 Å². The quantitative estimate of drug-likeness (QED) is 0.634. The molecule has 1 aromatic heterocycles. The highest BCUT2D eigenvalue weighted by atomic mass is 16.5. The van der Waals surface area contributed by atoms with Crippen LogP contribution in [0, 0.1) is 0 Å². The van der Waals surface area contributed by atoms with Gasteiger partial charge in [-0.25, -0.2) is 0 Å². The molecule has 0 fully saturated rings. The molecule has 4 rings (SSSR count). The Morgan fingerprint density at radius 2 is 1.92 bits per heavy atom. The average molecular weight is 322 g/mol. The summed E-state index contributed by atoms with van der Waals surface area (Å²) in [4.78, 5) is 15.6. The van der Waals surface area contributed by atoms with Gasteiger partial charge in [0.15, 0.2) is 0 Å². The summed E-state index contributed by atoms with van der Waals surface area (Å²) in [5.41, 5.74) is 3.83. The van der Waals surface area contributed by atoms with Crippen LogP contribution in [0.3, 0.4) is 0 Å². The van der Waals surface area contributed by atoms with Crippen molar-refractivity contribution in [1.82, 2.24) is 10.3 Å². The van der Waals surface area contributed by atoms with Crippen LogP contribution in [0.5, 0.6) is 5.75 Å². The Labute approximate surface area is 139 Å². The van der Waals surface area contributed by atoms with Crippen LogP contribution in [0.1, 0.15) is 22.9 Å². The molecule has 0 amide bonds. The monoisotopic (exact) mass is 322 g/mol. The predicted octanol–water partition coefficient (Wildman–Crippen LogP) is 2.65. The van der Waals surface area contributed by atoms with Crippen molar-refractivity contribution in [2.45, 2.75) is 18.5 Å². The third kappa shape index (κ3) is 2.25. The SMILES string of the molecule is COC(=O)[C@@H]1Cc2c([nH]c3ccccc23)[C@H](c2ccccc2O)N1. The summed E-state index contributed by atoms with van der Waals surface area (Å²) < 4.78 is 4.93. The molecule has 122 valence electrons. The zero-order chi connectivity index (χ0) is 16.7. The number of benzene rings is 2. The summed E-state index contributed by atoms with van der Waals surface area (Å²) in [6.45, 7) is 0. The summed E-state index contributed by atoms with van der Waals surface area (Å²) in [7, 11) is 1.39. The number of fused-ring (bicyclic) bond motifs is 3. The number of methoxy groups -OCH3 is 1. The minimum absolute atomic E-state index is 0.199. The van der Waals surface area contributed by atoms with E-state index in [1.807, 2.05) is 36.4 Å². The Hall–Kier alpha value is -2.79. The number of aromatic amines is 1. The Balaban J connectivity index is 1.90. The minimum atomic E-state index is -0.452. The predicted molar refractivity (Wildman–Crippen MR) is 90.9 cm³/mol. The molecule has 3 N–H and O–H groups in total. The van der Waals surface area contributed by atoms with Gasteiger partial charge in [0, 0.05) is 28.6 Å². The normalized spacial score (nSPS) is 19.9. The van der Waals surface area contributed by atoms with Gasteiger partial charge in [0.2, 0.25) is 0 Å². The number of rotatable bonds is 2. The van der Waals surface area contributed by atoms with Gasteiger partial charge < -0.3 is 14.8 Å². The number of para-hydroxylation sites is 2. The lowest BCUT2D eigenvalue weighted by molar-refractivity contribution is -0.143. The zero-order valence-electron chi connectivity index (χ0n) is 13.2. The molecule has 0 radical (unpaired) electrons. The number of esters is 1. The second kappa shape index (κ2) is 5.69. The number of aromatic hydroxyl groups is 1. The first kappa shape index (κ1) is 14.8. The first-order chi connectivity index (χ1) is 11.7. The zero-order valence-corrected chi connectivity index (χ0v) is 13.2. The number of nitrogens with one attached hydrogen (secondary N) is 2. The molecule has 0 bridgehead atoms. The fourth-order valence-corrected chi connectivity index (χ4v) is 3.51. The summed E-state index contributed by atoms with van der Waals surface area (Å²) in [5, 5.41) is 14.7. The van der Waals surface area contributed by atoms with E-state index in [1.165, 1.54) is 7.11 Å². The van der Waals surface area contributed by atoms with Gasteiger partial charge in [-0.3, -0.25) is 10.1 Å². The Kier molecular flexibility index (Phi) is 3.50. The minimum Gasteiger partial charge on any atom is -0.508 e. The largest absolute Gasteiger partial charge is 0.508 e. The molecule has 2 aromatic carbocycles. The molecule has 2 heterocycles. The number of ether oxygens (including phenoxy) is 1. The van der Waals surface area contributed by atoms with E-state index < -0.39 is 6.04 Å². The van der Waals surface area contributed by atoms with Crippen LogP contribution in [-0.4, -0.2) is 29.2 Å². The number of aromatic nitrogens is 1. The van der Waals surface area contributed by atoms with Crippen molar-refractivity contribution >= 4 is 16.9 Å². The Bertz CT molecular complexity index is 916. The summed E-state index contributed by atoms with van der Waals surface area (Å²) in [6, 6.07) is 14.5. The van der Waals surface area contributed by atoms with E-state index in [1.54, 1.807) is 12.1 Å². The van der Waals surface area contributed by atoms with Gasteiger partial charge in [0.1, 0.15) is 11.8 Å². The van der Waals surface area contributed by atoms with E-state index in [-0.39, 0.29) is 17.8 Å². The van der Waals surface area contributed by atoms with Gasteiger partial charge in [-0.15, -0.1) is 0 Å². The fraction of sp³-hybridized carbons (Fsp3) is 0.211. The van der Waals surface area contributed by atoms with Crippen LogP contribution in [-0.2, 0) is 16.0 Å². The number of hydrogen-bond donors (Lipinski definition) is 3. The molecular formula is C19H18N2O3. The smallest absolute Gasteiger partial charge is 0.323 e. The average Bonchev–Trinajstić information content (AvgIpc) is 2.99. The summed E-state index contributed by atoms with van der Waals surface area (Å²) in [6.07, 6.45) is 0.552. The second-order valence-corrected chi connectivity index (χ2v) is 6.00. The number of carbonyl (C=O) groups excluding carboxylic acids is 1. The van der Waals surface area contributed by atoms with Crippen LogP contribution in [0.15, 0.2) is 48.5 Å². The van der Waals surface area contributed by atoms with E-state index in [9.17, 15) is 9.90 Å². The van der Waals surface area contributed by atoms with Crippen molar-refractivity contribution in [2.24, 2.45) is 0 Å². The van der Waals surface area contributed by atoms with Gasteiger partial charge >= 0.3 is 5.97 Å². The topological polar surface area (TPSA) is 74.4 Å². The first-order valence-corrected chi connectivity index (χ1v) is 7.90. The van der Waals surface area contributed by atoms with Crippen molar-refractivity contribution < 1.29 is 14.6 Å². The van der Waals surface area contributed by atoms with Crippen LogP contribution in [0.4, 0.5) is 0 Å². The molecule has 24 heavy (non-hydrogen) atoms. The maximum atomic E-state index is 12.1. The summed E-state index contributed by atoms with van der Waals surface area (Å²) >= 11 is 0. The van der Waals surface area contributed by atoms with E-state index in [0.29, 0.717) is 6.42 Å².